The number of aromatic amines is 1. The number of carbonyl (C=O) groups is 1. The van der Waals surface area contributed by atoms with E-state index in [-0.39, 0.29) is 16.5 Å². The van der Waals surface area contributed by atoms with Crippen molar-refractivity contribution >= 4 is 16.8 Å². The average Bonchev–Trinajstić information content (AvgIpc) is 3.14. The van der Waals surface area contributed by atoms with E-state index in [1.807, 2.05) is 0 Å². The number of piperidine rings is 2. The number of piperazine rings is 1. The molecular formula is C22H27N3O. The molecule has 2 aromatic rings. The Labute approximate surface area is 154 Å². The second kappa shape index (κ2) is 4.36. The molecule has 4 fully saturated rings. The first-order valence-corrected chi connectivity index (χ1v) is 10.1. The second-order valence-corrected chi connectivity index (χ2v) is 9.83. The van der Waals surface area contributed by atoms with Gasteiger partial charge in [-0.25, -0.2) is 0 Å². The van der Waals surface area contributed by atoms with Gasteiger partial charge in [-0.15, -0.1) is 0 Å². The predicted octanol–water partition coefficient (Wildman–Crippen LogP) is 2.97. The number of rotatable bonds is 0. The number of hydrogen-bond donors (Lipinski definition) is 2. The quantitative estimate of drug-likeness (QED) is 0.768. The fourth-order valence-corrected chi connectivity index (χ4v) is 7.12. The number of amides is 1. The normalized spacial score (nSPS) is 40.2. The average molecular weight is 349 g/mol. The number of carbonyl (C=O) groups excluding carboxylic acids is 1. The molecule has 0 radical (unpaired) electrons. The van der Waals surface area contributed by atoms with Gasteiger partial charge in [-0.2, -0.15) is 0 Å². The van der Waals surface area contributed by atoms with Crippen molar-refractivity contribution in [3.05, 3.63) is 35.5 Å². The van der Waals surface area contributed by atoms with Crippen LogP contribution in [0.1, 0.15) is 44.9 Å². The Morgan fingerprint density at radius 1 is 1.23 bits per heavy atom. The van der Waals surface area contributed by atoms with Gasteiger partial charge in [-0.3, -0.25) is 9.69 Å². The fourth-order valence-electron chi connectivity index (χ4n) is 7.12. The summed E-state index contributed by atoms with van der Waals surface area (Å²) in [6, 6.07) is 8.64. The molecule has 1 aliphatic carbocycles. The van der Waals surface area contributed by atoms with Crippen molar-refractivity contribution in [3.8, 4) is 0 Å². The van der Waals surface area contributed by atoms with Gasteiger partial charge in [0.15, 0.2) is 0 Å². The molecule has 7 rings (SSSR count). The molecular weight excluding hydrogens is 322 g/mol. The molecule has 2 spiro atoms. The summed E-state index contributed by atoms with van der Waals surface area (Å²) in [5, 5.41) is 4.91. The highest BCUT2D eigenvalue weighted by atomic mass is 16.2. The molecule has 0 saturated carbocycles. The number of para-hydroxylation sites is 1. The van der Waals surface area contributed by atoms with E-state index in [0.717, 1.165) is 32.4 Å². The Morgan fingerprint density at radius 2 is 2.04 bits per heavy atom. The van der Waals surface area contributed by atoms with E-state index in [1.165, 1.54) is 22.2 Å². The van der Waals surface area contributed by atoms with Crippen LogP contribution in [0.2, 0.25) is 0 Å². The van der Waals surface area contributed by atoms with Gasteiger partial charge >= 0.3 is 0 Å². The maximum atomic E-state index is 13.3. The van der Waals surface area contributed by atoms with E-state index in [0.29, 0.717) is 17.7 Å². The van der Waals surface area contributed by atoms with Crippen molar-refractivity contribution in [3.63, 3.8) is 0 Å². The van der Waals surface area contributed by atoms with E-state index in [2.05, 4.69) is 60.2 Å². The molecule has 4 saturated heterocycles. The van der Waals surface area contributed by atoms with Crippen LogP contribution in [0.5, 0.6) is 0 Å². The Balaban J connectivity index is 1.59. The number of hydrogen-bond acceptors (Lipinski definition) is 2. The monoisotopic (exact) mass is 349 g/mol. The summed E-state index contributed by atoms with van der Waals surface area (Å²) in [5.74, 6) is 1.22. The van der Waals surface area contributed by atoms with Crippen molar-refractivity contribution in [2.45, 2.75) is 56.5 Å². The second-order valence-electron chi connectivity index (χ2n) is 9.83. The highest BCUT2D eigenvalue weighted by molar-refractivity contribution is 5.91. The lowest BCUT2D eigenvalue weighted by Crippen LogP contribution is -2.83. The Morgan fingerprint density at radius 3 is 2.88 bits per heavy atom. The molecule has 2 bridgehead atoms. The molecule has 4 aliphatic heterocycles. The van der Waals surface area contributed by atoms with E-state index < -0.39 is 0 Å². The topological polar surface area (TPSA) is 48.1 Å². The maximum Gasteiger partial charge on any atom is 0.241 e. The number of H-pyrrole nitrogens is 1. The summed E-state index contributed by atoms with van der Waals surface area (Å²) in [6.07, 6.45) is 3.10. The summed E-state index contributed by atoms with van der Waals surface area (Å²) in [6.45, 7) is 9.14. The van der Waals surface area contributed by atoms with Gasteiger partial charge < -0.3 is 10.3 Å². The van der Waals surface area contributed by atoms with Crippen LogP contribution in [0.15, 0.2) is 24.3 Å². The van der Waals surface area contributed by atoms with Gasteiger partial charge in [0.1, 0.15) is 5.54 Å². The Hall–Kier alpha value is -1.81. The van der Waals surface area contributed by atoms with Gasteiger partial charge in [0.05, 0.1) is 5.54 Å². The highest BCUT2D eigenvalue weighted by Gasteiger charge is 2.70. The SMILES string of the molecule is C[C@H]1CCN2C[C@]34Cc5c([nH]c6ccccc56)C(C)(C)[C@@H]3C[C@]12C(=O)N4. The molecule has 1 aromatic carbocycles. The third kappa shape index (κ3) is 1.47. The molecule has 2 N–H and O–H groups in total. The zero-order chi connectivity index (χ0) is 17.9. The lowest BCUT2D eigenvalue weighted by atomic mass is 9.51. The third-order valence-corrected chi connectivity index (χ3v) is 8.44. The molecule has 0 unspecified atom stereocenters. The third-order valence-electron chi connectivity index (χ3n) is 8.44. The minimum absolute atomic E-state index is 0.0295. The van der Waals surface area contributed by atoms with Crippen LogP contribution < -0.4 is 5.32 Å². The van der Waals surface area contributed by atoms with E-state index in [1.54, 1.807) is 0 Å². The van der Waals surface area contributed by atoms with E-state index in [4.69, 9.17) is 0 Å². The first kappa shape index (κ1) is 15.3. The van der Waals surface area contributed by atoms with Crippen LogP contribution >= 0.6 is 0 Å². The van der Waals surface area contributed by atoms with Crippen molar-refractivity contribution in [1.82, 2.24) is 15.2 Å². The smallest absolute Gasteiger partial charge is 0.241 e. The largest absolute Gasteiger partial charge is 0.358 e. The van der Waals surface area contributed by atoms with Crippen LogP contribution in [-0.2, 0) is 16.6 Å². The molecule has 4 nitrogen and oxygen atoms in total. The zero-order valence-corrected chi connectivity index (χ0v) is 15.9. The number of nitrogens with zero attached hydrogens (tertiary/aromatic N) is 1. The van der Waals surface area contributed by atoms with Crippen molar-refractivity contribution < 1.29 is 4.79 Å². The standard InChI is InChI=1S/C22H27N3O/c1-13-8-9-25-12-21-10-15-14-6-4-5-7-16(14)23-18(15)20(2,3)17(21)11-22(13,25)19(26)24-21/h4-7,13,17,23H,8-12H2,1-3H3,(H,24,26)/t13-,17-,21+,22+/m0/s1. The van der Waals surface area contributed by atoms with Gasteiger partial charge in [0.25, 0.3) is 0 Å². The van der Waals surface area contributed by atoms with Gasteiger partial charge in [-0.1, -0.05) is 39.0 Å². The number of fused-ring (bicyclic) bond motifs is 4. The van der Waals surface area contributed by atoms with E-state index in [9.17, 15) is 4.79 Å². The number of nitrogens with one attached hydrogen (secondary N) is 2. The molecule has 1 amide bonds. The van der Waals surface area contributed by atoms with Crippen LogP contribution in [0.25, 0.3) is 10.9 Å². The van der Waals surface area contributed by atoms with Gasteiger partial charge in [-0.05, 0) is 49.3 Å². The predicted molar refractivity (Wildman–Crippen MR) is 102 cm³/mol. The molecule has 5 aliphatic rings. The van der Waals surface area contributed by atoms with E-state index >= 15 is 0 Å². The molecule has 5 heterocycles. The highest BCUT2D eigenvalue weighted by Crippen LogP contribution is 2.59. The van der Waals surface area contributed by atoms with Crippen molar-refractivity contribution in [2.24, 2.45) is 11.8 Å². The summed E-state index contributed by atoms with van der Waals surface area (Å²) in [7, 11) is 0. The molecule has 136 valence electrons. The van der Waals surface area contributed by atoms with Gasteiger partial charge in [0.2, 0.25) is 5.91 Å². The first-order valence-electron chi connectivity index (χ1n) is 10.1. The molecule has 26 heavy (non-hydrogen) atoms. The van der Waals surface area contributed by atoms with Crippen LogP contribution in [0.3, 0.4) is 0 Å². The first-order chi connectivity index (χ1) is 12.4. The summed E-state index contributed by atoms with van der Waals surface area (Å²) in [4.78, 5) is 19.6. The molecule has 1 aromatic heterocycles. The summed E-state index contributed by atoms with van der Waals surface area (Å²) in [5.41, 5.74) is 3.68. The van der Waals surface area contributed by atoms with Crippen LogP contribution in [0, 0.1) is 11.8 Å². The van der Waals surface area contributed by atoms with Crippen LogP contribution in [-0.4, -0.2) is 40.0 Å². The lowest BCUT2D eigenvalue weighted by Gasteiger charge is -2.66. The zero-order valence-electron chi connectivity index (χ0n) is 15.9. The van der Waals surface area contributed by atoms with Gasteiger partial charge in [0, 0.05) is 28.6 Å². The Kier molecular flexibility index (Phi) is 2.56. The lowest BCUT2D eigenvalue weighted by molar-refractivity contribution is -0.164. The maximum absolute atomic E-state index is 13.3. The number of aromatic nitrogens is 1. The molecule has 4 atom stereocenters. The summed E-state index contributed by atoms with van der Waals surface area (Å²) >= 11 is 0. The van der Waals surface area contributed by atoms with Crippen LogP contribution in [0.4, 0.5) is 0 Å². The molecule has 4 heteroatoms. The minimum atomic E-state index is -0.271. The summed E-state index contributed by atoms with van der Waals surface area (Å²) < 4.78 is 0. The Bertz CT molecular complexity index is 959. The van der Waals surface area contributed by atoms with Crippen molar-refractivity contribution in [1.29, 1.82) is 0 Å². The van der Waals surface area contributed by atoms with Crippen molar-refractivity contribution in [2.75, 3.05) is 13.1 Å². The fraction of sp³-hybridized carbons (Fsp3) is 0.591. The number of benzene rings is 1. The minimum Gasteiger partial charge on any atom is -0.358 e.